The zero-order valence-electron chi connectivity index (χ0n) is 9.56. The van der Waals surface area contributed by atoms with E-state index in [1.54, 1.807) is 6.26 Å². The fourth-order valence-corrected chi connectivity index (χ4v) is 2.69. The third kappa shape index (κ3) is 2.14. The van der Waals surface area contributed by atoms with Crippen molar-refractivity contribution in [2.24, 2.45) is 0 Å². The normalized spacial score (nSPS) is 33.1. The van der Waals surface area contributed by atoms with E-state index < -0.39 is 0 Å². The third-order valence-electron chi connectivity index (χ3n) is 3.68. The molecule has 1 aromatic heterocycles. The number of furan rings is 1. The maximum absolute atomic E-state index is 5.05. The topological polar surface area (TPSA) is 31.6 Å². The molecule has 0 aromatic carbocycles. The Kier molecular flexibility index (Phi) is 2.95. The lowest BCUT2D eigenvalue weighted by molar-refractivity contribution is 0.0136. The average Bonchev–Trinajstić information content (AvgIpc) is 2.84. The number of nitrogens with one attached hydrogen (secondary N) is 1. The Morgan fingerprint density at radius 3 is 2.81 bits per heavy atom. The fourth-order valence-electron chi connectivity index (χ4n) is 2.69. The Morgan fingerprint density at radius 1 is 1.31 bits per heavy atom. The summed E-state index contributed by atoms with van der Waals surface area (Å²) >= 11 is 0. The molecule has 3 saturated heterocycles. The molecule has 3 fully saturated rings. The molecule has 3 aliphatic heterocycles. The summed E-state index contributed by atoms with van der Waals surface area (Å²) in [6.07, 6.45) is 3.54. The molecule has 4 heterocycles. The molecule has 16 heavy (non-hydrogen) atoms. The van der Waals surface area contributed by atoms with Crippen LogP contribution in [0.4, 0.5) is 0 Å². The van der Waals surface area contributed by atoms with Gasteiger partial charge in [-0.2, -0.15) is 0 Å². The number of nitrogens with zero attached hydrogens (tertiary/aromatic N) is 2. The first kappa shape index (κ1) is 10.3. The van der Waals surface area contributed by atoms with E-state index in [1.165, 1.54) is 38.3 Å². The number of fused-ring (bicyclic) bond motifs is 3. The van der Waals surface area contributed by atoms with Crippen LogP contribution >= 0.6 is 0 Å². The van der Waals surface area contributed by atoms with Gasteiger partial charge >= 0.3 is 0 Å². The minimum absolute atomic E-state index is 0.703. The van der Waals surface area contributed by atoms with Crippen molar-refractivity contribution in [2.45, 2.75) is 12.6 Å². The first-order valence-corrected chi connectivity index (χ1v) is 6.10. The summed E-state index contributed by atoms with van der Waals surface area (Å²) in [5.74, 6) is 0. The van der Waals surface area contributed by atoms with Gasteiger partial charge in [0, 0.05) is 57.4 Å². The Bertz CT molecular complexity index is 317. The Labute approximate surface area is 96.2 Å². The molecule has 0 amide bonds. The second-order valence-corrected chi connectivity index (χ2v) is 4.75. The molecule has 0 radical (unpaired) electrons. The van der Waals surface area contributed by atoms with Gasteiger partial charge < -0.3 is 9.73 Å². The Morgan fingerprint density at radius 2 is 2.19 bits per heavy atom. The highest BCUT2D eigenvalue weighted by atomic mass is 16.3. The Hall–Kier alpha value is -0.840. The SMILES string of the molecule is c1cc(CNCC2CN3CCN2CC3)co1. The first-order valence-electron chi connectivity index (χ1n) is 6.10. The summed E-state index contributed by atoms with van der Waals surface area (Å²) in [6.45, 7) is 8.26. The predicted molar refractivity (Wildman–Crippen MR) is 62.2 cm³/mol. The first-order chi connectivity index (χ1) is 7.92. The molecule has 4 rings (SSSR count). The molecule has 1 aromatic rings. The monoisotopic (exact) mass is 221 g/mol. The summed E-state index contributed by atoms with van der Waals surface area (Å²) < 4.78 is 5.05. The van der Waals surface area contributed by atoms with Crippen molar-refractivity contribution in [1.29, 1.82) is 0 Å². The van der Waals surface area contributed by atoms with Crippen molar-refractivity contribution in [3.63, 3.8) is 0 Å². The van der Waals surface area contributed by atoms with Crippen LogP contribution in [0.15, 0.2) is 23.0 Å². The molecule has 0 spiro atoms. The van der Waals surface area contributed by atoms with Crippen LogP contribution in [-0.4, -0.2) is 55.1 Å². The van der Waals surface area contributed by atoms with Crippen LogP contribution in [0.1, 0.15) is 5.56 Å². The largest absolute Gasteiger partial charge is 0.472 e. The van der Waals surface area contributed by atoms with Crippen molar-refractivity contribution in [2.75, 3.05) is 39.3 Å². The highest BCUT2D eigenvalue weighted by Crippen LogP contribution is 2.14. The molecule has 0 saturated carbocycles. The molecular weight excluding hydrogens is 202 g/mol. The zero-order valence-corrected chi connectivity index (χ0v) is 9.56. The molecule has 1 atom stereocenters. The molecule has 4 nitrogen and oxygen atoms in total. The second kappa shape index (κ2) is 4.57. The fraction of sp³-hybridized carbons (Fsp3) is 0.667. The molecule has 1 unspecified atom stereocenters. The summed E-state index contributed by atoms with van der Waals surface area (Å²) in [5, 5.41) is 3.51. The van der Waals surface area contributed by atoms with Gasteiger partial charge in [0.05, 0.1) is 12.5 Å². The van der Waals surface area contributed by atoms with E-state index in [4.69, 9.17) is 4.42 Å². The minimum atomic E-state index is 0.703. The summed E-state index contributed by atoms with van der Waals surface area (Å²) in [4.78, 5) is 5.19. The zero-order chi connectivity index (χ0) is 10.8. The lowest BCUT2D eigenvalue weighted by Crippen LogP contribution is -2.63. The highest BCUT2D eigenvalue weighted by molar-refractivity contribution is 5.04. The van der Waals surface area contributed by atoms with Gasteiger partial charge in [-0.3, -0.25) is 9.80 Å². The van der Waals surface area contributed by atoms with E-state index in [-0.39, 0.29) is 0 Å². The van der Waals surface area contributed by atoms with Crippen molar-refractivity contribution < 1.29 is 4.42 Å². The third-order valence-corrected chi connectivity index (χ3v) is 3.68. The van der Waals surface area contributed by atoms with Gasteiger partial charge in [0.25, 0.3) is 0 Å². The molecule has 4 heteroatoms. The van der Waals surface area contributed by atoms with Gasteiger partial charge in [-0.25, -0.2) is 0 Å². The maximum atomic E-state index is 5.05. The molecular formula is C12H19N3O. The van der Waals surface area contributed by atoms with Crippen molar-refractivity contribution in [3.05, 3.63) is 24.2 Å². The van der Waals surface area contributed by atoms with E-state index in [0.29, 0.717) is 6.04 Å². The number of rotatable bonds is 4. The predicted octanol–water partition coefficient (Wildman–Crippen LogP) is 0.369. The summed E-state index contributed by atoms with van der Waals surface area (Å²) in [6, 6.07) is 2.72. The number of piperazine rings is 3. The van der Waals surface area contributed by atoms with Crippen molar-refractivity contribution >= 4 is 0 Å². The molecule has 0 aliphatic carbocycles. The van der Waals surface area contributed by atoms with E-state index in [1.807, 2.05) is 12.3 Å². The quantitative estimate of drug-likeness (QED) is 0.796. The van der Waals surface area contributed by atoms with Gasteiger partial charge in [-0.05, 0) is 6.07 Å². The van der Waals surface area contributed by atoms with Crippen LogP contribution in [0.25, 0.3) is 0 Å². The summed E-state index contributed by atoms with van der Waals surface area (Å²) in [7, 11) is 0. The second-order valence-electron chi connectivity index (χ2n) is 4.75. The highest BCUT2D eigenvalue weighted by Gasteiger charge is 2.31. The van der Waals surface area contributed by atoms with Crippen molar-refractivity contribution in [3.8, 4) is 0 Å². The number of hydrogen-bond acceptors (Lipinski definition) is 4. The van der Waals surface area contributed by atoms with Gasteiger partial charge in [0.2, 0.25) is 0 Å². The number of hydrogen-bond donors (Lipinski definition) is 1. The van der Waals surface area contributed by atoms with Crippen LogP contribution in [0, 0.1) is 0 Å². The van der Waals surface area contributed by atoms with E-state index >= 15 is 0 Å². The van der Waals surface area contributed by atoms with Gasteiger partial charge in [-0.15, -0.1) is 0 Å². The van der Waals surface area contributed by atoms with Crippen LogP contribution in [0.2, 0.25) is 0 Å². The minimum Gasteiger partial charge on any atom is -0.472 e. The average molecular weight is 221 g/mol. The maximum Gasteiger partial charge on any atom is 0.0947 e. The van der Waals surface area contributed by atoms with Crippen LogP contribution in [0.5, 0.6) is 0 Å². The van der Waals surface area contributed by atoms with E-state index in [2.05, 4.69) is 15.1 Å². The molecule has 3 aliphatic rings. The van der Waals surface area contributed by atoms with Crippen LogP contribution < -0.4 is 5.32 Å². The van der Waals surface area contributed by atoms with Crippen molar-refractivity contribution in [1.82, 2.24) is 15.1 Å². The standard InChI is InChI=1S/C12H19N3O/c1-6-16-10-11(1)7-13-8-12-9-14-2-4-15(12)5-3-14/h1,6,10,12-13H,2-5,7-9H2. The lowest BCUT2D eigenvalue weighted by atomic mass is 10.1. The van der Waals surface area contributed by atoms with E-state index in [0.717, 1.165) is 13.1 Å². The van der Waals surface area contributed by atoms with Crippen LogP contribution in [-0.2, 0) is 6.54 Å². The van der Waals surface area contributed by atoms with Gasteiger partial charge in [0.1, 0.15) is 0 Å². The Balaban J connectivity index is 1.45. The smallest absolute Gasteiger partial charge is 0.0947 e. The summed E-state index contributed by atoms with van der Waals surface area (Å²) in [5.41, 5.74) is 1.23. The molecule has 88 valence electrons. The van der Waals surface area contributed by atoms with E-state index in [9.17, 15) is 0 Å². The van der Waals surface area contributed by atoms with Crippen LogP contribution in [0.3, 0.4) is 0 Å². The molecule has 2 bridgehead atoms. The molecule has 1 N–H and O–H groups in total. The lowest BCUT2D eigenvalue weighted by Gasteiger charge is -2.47. The van der Waals surface area contributed by atoms with Gasteiger partial charge in [0.15, 0.2) is 0 Å². The van der Waals surface area contributed by atoms with Gasteiger partial charge in [-0.1, -0.05) is 0 Å².